The molecule has 30 heavy (non-hydrogen) atoms. The van der Waals surface area contributed by atoms with E-state index in [4.69, 9.17) is 27.7 Å². The highest BCUT2D eigenvalue weighted by Crippen LogP contribution is 2.25. The van der Waals surface area contributed by atoms with Gasteiger partial charge in [-0.2, -0.15) is 0 Å². The number of amides is 1. The van der Waals surface area contributed by atoms with Crippen molar-refractivity contribution in [3.05, 3.63) is 75.5 Å². The number of carbonyl (C=O) groups is 1. The first kappa shape index (κ1) is 20.5. The molecule has 0 unspecified atom stereocenters. The molecule has 1 fully saturated rings. The van der Waals surface area contributed by atoms with Crippen LogP contribution in [0.25, 0.3) is 11.3 Å². The molecule has 6 heteroatoms. The first-order valence-electron chi connectivity index (χ1n) is 9.89. The predicted molar refractivity (Wildman–Crippen MR) is 118 cm³/mol. The fourth-order valence-electron chi connectivity index (χ4n) is 3.43. The number of nitrogens with zero attached hydrogens (tertiary/aromatic N) is 1. The lowest BCUT2D eigenvalue weighted by atomic mass is 10.1. The zero-order valence-electron chi connectivity index (χ0n) is 16.3. The lowest BCUT2D eigenvalue weighted by Crippen LogP contribution is -2.22. The molecular weight excluding hydrogens is 419 g/mol. The van der Waals surface area contributed by atoms with Gasteiger partial charge in [-0.25, -0.2) is 0 Å². The molecule has 1 N–H and O–H groups in total. The van der Waals surface area contributed by atoms with E-state index in [9.17, 15) is 4.79 Å². The molecule has 1 amide bonds. The van der Waals surface area contributed by atoms with Gasteiger partial charge >= 0.3 is 0 Å². The number of rotatable bonds is 4. The van der Waals surface area contributed by atoms with Crippen LogP contribution in [-0.2, 0) is 6.54 Å². The Morgan fingerprint density at radius 1 is 1.10 bits per heavy atom. The van der Waals surface area contributed by atoms with Crippen LogP contribution < -0.4 is 5.32 Å². The summed E-state index contributed by atoms with van der Waals surface area (Å²) in [6.45, 7) is 0.222. The highest BCUT2D eigenvalue weighted by Gasteiger charge is 2.13. The Balaban J connectivity index is 1.37. The fraction of sp³-hybridized carbons (Fsp3) is 0.250. The number of hydrogen-bond donors (Lipinski definition) is 1. The van der Waals surface area contributed by atoms with E-state index in [0.29, 0.717) is 33.0 Å². The van der Waals surface area contributed by atoms with E-state index in [1.807, 2.05) is 12.1 Å². The second-order valence-corrected chi connectivity index (χ2v) is 8.16. The van der Waals surface area contributed by atoms with Crippen molar-refractivity contribution in [3.8, 4) is 23.1 Å². The molecule has 3 aromatic rings. The maximum atomic E-state index is 12.5. The zero-order chi connectivity index (χ0) is 20.9. The minimum absolute atomic E-state index is 0.222. The molecule has 1 saturated carbocycles. The summed E-state index contributed by atoms with van der Waals surface area (Å²) >= 11 is 12.2. The SMILES string of the molecule is O=C(NCc1cc(-c2ccc(Cl)cc2)no1)c1ccc(C#CC2CCCC2)c(Cl)c1. The van der Waals surface area contributed by atoms with Gasteiger partial charge in [0.15, 0.2) is 5.76 Å². The Morgan fingerprint density at radius 3 is 2.60 bits per heavy atom. The van der Waals surface area contributed by atoms with Gasteiger partial charge in [0.25, 0.3) is 5.91 Å². The third-order valence-electron chi connectivity index (χ3n) is 5.12. The molecule has 0 atom stereocenters. The lowest BCUT2D eigenvalue weighted by Gasteiger charge is -2.05. The molecule has 4 nitrogen and oxygen atoms in total. The molecule has 1 aliphatic rings. The number of benzene rings is 2. The molecule has 1 heterocycles. The average Bonchev–Trinajstić information content (AvgIpc) is 3.44. The molecule has 152 valence electrons. The van der Waals surface area contributed by atoms with Gasteiger partial charge in [-0.1, -0.05) is 65.2 Å². The summed E-state index contributed by atoms with van der Waals surface area (Å²) in [6, 6.07) is 14.3. The first-order chi connectivity index (χ1) is 14.6. The van der Waals surface area contributed by atoms with Crippen LogP contribution >= 0.6 is 23.2 Å². The van der Waals surface area contributed by atoms with Crippen molar-refractivity contribution in [1.29, 1.82) is 0 Å². The molecule has 4 rings (SSSR count). The fourth-order valence-corrected chi connectivity index (χ4v) is 3.78. The molecule has 0 radical (unpaired) electrons. The van der Waals surface area contributed by atoms with Gasteiger partial charge in [-0.05, 0) is 43.2 Å². The minimum Gasteiger partial charge on any atom is -0.359 e. The summed E-state index contributed by atoms with van der Waals surface area (Å²) in [7, 11) is 0. The van der Waals surface area contributed by atoms with Gasteiger partial charge in [0, 0.05) is 33.7 Å². The summed E-state index contributed by atoms with van der Waals surface area (Å²) in [4.78, 5) is 12.5. The summed E-state index contributed by atoms with van der Waals surface area (Å²) in [5.74, 6) is 7.22. The topological polar surface area (TPSA) is 55.1 Å². The Morgan fingerprint density at radius 2 is 1.87 bits per heavy atom. The molecule has 1 aromatic heterocycles. The van der Waals surface area contributed by atoms with Crippen LogP contribution in [0.3, 0.4) is 0 Å². The second-order valence-electron chi connectivity index (χ2n) is 7.31. The van der Waals surface area contributed by atoms with E-state index < -0.39 is 0 Å². The zero-order valence-corrected chi connectivity index (χ0v) is 17.8. The molecule has 0 aliphatic heterocycles. The van der Waals surface area contributed by atoms with E-state index >= 15 is 0 Å². The van der Waals surface area contributed by atoms with Gasteiger partial charge in [-0.15, -0.1) is 0 Å². The number of carbonyl (C=O) groups excluding carboxylic acids is 1. The molecular formula is C24H20Cl2N2O2. The summed E-state index contributed by atoms with van der Waals surface area (Å²) in [5.41, 5.74) is 2.80. The van der Waals surface area contributed by atoms with Crippen molar-refractivity contribution in [2.75, 3.05) is 0 Å². The van der Waals surface area contributed by atoms with Crippen LogP contribution in [0, 0.1) is 17.8 Å². The standard InChI is InChI=1S/C24H20Cl2N2O2/c25-20-11-9-18(10-12-20)23-14-21(30-28-23)15-27-24(29)19-8-7-17(22(26)13-19)6-5-16-3-1-2-4-16/h7-14,16H,1-4,15H2,(H,27,29). The van der Waals surface area contributed by atoms with Crippen LogP contribution in [0.15, 0.2) is 53.1 Å². The Bertz CT molecular complexity index is 1100. The number of halogens is 2. The number of hydrogen-bond acceptors (Lipinski definition) is 3. The third-order valence-corrected chi connectivity index (χ3v) is 5.68. The quantitative estimate of drug-likeness (QED) is 0.499. The predicted octanol–water partition coefficient (Wildman–Crippen LogP) is 6.12. The summed E-state index contributed by atoms with van der Waals surface area (Å²) < 4.78 is 5.32. The molecule has 0 spiro atoms. The van der Waals surface area contributed by atoms with Crippen molar-refractivity contribution in [2.45, 2.75) is 32.2 Å². The van der Waals surface area contributed by atoms with Crippen LogP contribution in [-0.4, -0.2) is 11.1 Å². The minimum atomic E-state index is -0.239. The smallest absolute Gasteiger partial charge is 0.251 e. The van der Waals surface area contributed by atoms with Gasteiger partial charge in [0.2, 0.25) is 0 Å². The molecule has 1 aliphatic carbocycles. The van der Waals surface area contributed by atoms with Gasteiger partial charge in [0.05, 0.1) is 11.6 Å². The van der Waals surface area contributed by atoms with Crippen LogP contribution in [0.1, 0.15) is 47.4 Å². The van der Waals surface area contributed by atoms with Crippen LogP contribution in [0.2, 0.25) is 10.0 Å². The van der Waals surface area contributed by atoms with Gasteiger partial charge in [0.1, 0.15) is 5.69 Å². The van der Waals surface area contributed by atoms with Gasteiger partial charge < -0.3 is 9.84 Å². The molecule has 0 saturated heterocycles. The van der Waals surface area contributed by atoms with Crippen LogP contribution in [0.5, 0.6) is 0 Å². The van der Waals surface area contributed by atoms with E-state index in [-0.39, 0.29) is 12.5 Å². The Kier molecular flexibility index (Phi) is 6.42. The van der Waals surface area contributed by atoms with Crippen LogP contribution in [0.4, 0.5) is 0 Å². The van der Waals surface area contributed by atoms with E-state index in [2.05, 4.69) is 22.3 Å². The van der Waals surface area contributed by atoms with Crippen molar-refractivity contribution in [3.63, 3.8) is 0 Å². The van der Waals surface area contributed by atoms with Crippen molar-refractivity contribution in [2.24, 2.45) is 5.92 Å². The monoisotopic (exact) mass is 438 g/mol. The van der Waals surface area contributed by atoms with E-state index in [1.165, 1.54) is 12.8 Å². The second kappa shape index (κ2) is 9.38. The highest BCUT2D eigenvalue weighted by molar-refractivity contribution is 6.32. The third kappa shape index (κ3) is 5.05. The number of aromatic nitrogens is 1. The summed E-state index contributed by atoms with van der Waals surface area (Å²) in [5, 5.41) is 8.00. The van der Waals surface area contributed by atoms with E-state index in [0.717, 1.165) is 24.0 Å². The van der Waals surface area contributed by atoms with Crippen molar-refractivity contribution in [1.82, 2.24) is 10.5 Å². The summed E-state index contributed by atoms with van der Waals surface area (Å²) in [6.07, 6.45) is 4.82. The maximum Gasteiger partial charge on any atom is 0.251 e. The highest BCUT2D eigenvalue weighted by atomic mass is 35.5. The largest absolute Gasteiger partial charge is 0.359 e. The average molecular weight is 439 g/mol. The van der Waals surface area contributed by atoms with E-state index in [1.54, 1.807) is 36.4 Å². The van der Waals surface area contributed by atoms with Crippen molar-refractivity contribution >= 4 is 29.1 Å². The molecule has 2 aromatic carbocycles. The normalized spacial score (nSPS) is 13.7. The lowest BCUT2D eigenvalue weighted by molar-refractivity contribution is 0.0947. The number of nitrogens with one attached hydrogen (secondary N) is 1. The maximum absolute atomic E-state index is 12.5. The van der Waals surface area contributed by atoms with Crippen molar-refractivity contribution < 1.29 is 9.32 Å². The Hall–Kier alpha value is -2.74. The Labute approximate surface area is 185 Å². The first-order valence-corrected chi connectivity index (χ1v) is 10.6. The van der Waals surface area contributed by atoms with Gasteiger partial charge in [-0.3, -0.25) is 4.79 Å². The molecule has 0 bridgehead atoms.